The van der Waals surface area contributed by atoms with Gasteiger partial charge in [0.05, 0.1) is 19.3 Å². The summed E-state index contributed by atoms with van der Waals surface area (Å²) in [5.41, 5.74) is 0. The maximum atomic E-state index is 11.5. The molecule has 0 unspecified atom stereocenters. The van der Waals surface area contributed by atoms with Crippen molar-refractivity contribution in [2.24, 2.45) is 0 Å². The van der Waals surface area contributed by atoms with Crippen molar-refractivity contribution in [3.05, 3.63) is 0 Å². The van der Waals surface area contributed by atoms with Gasteiger partial charge in [0.15, 0.2) is 0 Å². The first kappa shape index (κ1) is 13.0. The van der Waals surface area contributed by atoms with Crippen molar-refractivity contribution < 1.29 is 19.1 Å². The molecule has 1 aliphatic carbocycles. The highest BCUT2D eigenvalue weighted by atomic mass is 16.5. The van der Waals surface area contributed by atoms with Gasteiger partial charge in [-0.3, -0.25) is 19.8 Å². The SMILES string of the molecule is O=C1CC(=O)N(CCOC2CCCCC2)C(=O)N1. The molecule has 0 atom stereocenters. The first-order valence-electron chi connectivity index (χ1n) is 6.42. The average molecular weight is 254 g/mol. The van der Waals surface area contributed by atoms with Crippen LogP contribution in [0.25, 0.3) is 0 Å². The molecule has 4 amide bonds. The monoisotopic (exact) mass is 254 g/mol. The van der Waals surface area contributed by atoms with Gasteiger partial charge in [-0.1, -0.05) is 19.3 Å². The van der Waals surface area contributed by atoms with E-state index in [2.05, 4.69) is 5.32 Å². The van der Waals surface area contributed by atoms with Gasteiger partial charge in [-0.15, -0.1) is 0 Å². The van der Waals surface area contributed by atoms with Crippen LogP contribution in [0.5, 0.6) is 0 Å². The predicted octanol–water partition coefficient (Wildman–Crippen LogP) is 0.804. The number of imide groups is 2. The van der Waals surface area contributed by atoms with Gasteiger partial charge in [0, 0.05) is 0 Å². The largest absolute Gasteiger partial charge is 0.376 e. The van der Waals surface area contributed by atoms with Crippen LogP contribution in [-0.4, -0.2) is 42.0 Å². The Kier molecular flexibility index (Phi) is 4.30. The van der Waals surface area contributed by atoms with E-state index >= 15 is 0 Å². The van der Waals surface area contributed by atoms with E-state index < -0.39 is 17.8 Å². The molecule has 0 aromatic rings. The number of nitrogens with one attached hydrogen (secondary N) is 1. The van der Waals surface area contributed by atoms with Gasteiger partial charge in [-0.05, 0) is 12.8 Å². The van der Waals surface area contributed by atoms with E-state index in [1.165, 1.54) is 19.3 Å². The molecular weight excluding hydrogens is 236 g/mol. The van der Waals surface area contributed by atoms with Gasteiger partial charge in [0.2, 0.25) is 11.8 Å². The third-order valence-electron chi connectivity index (χ3n) is 3.32. The normalized spacial score (nSPS) is 22.2. The molecule has 2 fully saturated rings. The summed E-state index contributed by atoms with van der Waals surface area (Å²) in [6, 6.07) is -0.636. The topological polar surface area (TPSA) is 75.7 Å². The summed E-state index contributed by atoms with van der Waals surface area (Å²) in [6.45, 7) is 0.562. The smallest absolute Gasteiger partial charge is 0.330 e. The second kappa shape index (κ2) is 5.95. The van der Waals surface area contributed by atoms with E-state index in [4.69, 9.17) is 4.74 Å². The first-order valence-corrected chi connectivity index (χ1v) is 6.42. The Morgan fingerprint density at radius 3 is 2.56 bits per heavy atom. The van der Waals surface area contributed by atoms with Crippen molar-refractivity contribution in [3.63, 3.8) is 0 Å². The number of rotatable bonds is 4. The Balaban J connectivity index is 1.73. The minimum absolute atomic E-state index is 0.217. The molecule has 0 aromatic heterocycles. The maximum absolute atomic E-state index is 11.5. The summed E-state index contributed by atoms with van der Waals surface area (Å²) in [6.07, 6.45) is 5.73. The highest BCUT2D eigenvalue weighted by Crippen LogP contribution is 2.20. The van der Waals surface area contributed by atoms with Crippen molar-refractivity contribution in [2.45, 2.75) is 44.6 Å². The lowest BCUT2D eigenvalue weighted by Crippen LogP contribution is -2.53. The van der Waals surface area contributed by atoms with Crippen LogP contribution in [0.4, 0.5) is 4.79 Å². The molecule has 6 nitrogen and oxygen atoms in total. The Labute approximate surface area is 106 Å². The van der Waals surface area contributed by atoms with Crippen LogP contribution in [-0.2, 0) is 14.3 Å². The van der Waals surface area contributed by atoms with Crippen LogP contribution in [0.1, 0.15) is 38.5 Å². The van der Waals surface area contributed by atoms with Gasteiger partial charge in [-0.2, -0.15) is 0 Å². The first-order chi connectivity index (χ1) is 8.66. The molecule has 6 heteroatoms. The second-order valence-electron chi connectivity index (χ2n) is 4.71. The third-order valence-corrected chi connectivity index (χ3v) is 3.32. The lowest BCUT2D eigenvalue weighted by molar-refractivity contribution is -0.137. The summed E-state index contributed by atoms with van der Waals surface area (Å²) in [5.74, 6) is -0.981. The highest BCUT2D eigenvalue weighted by Gasteiger charge is 2.30. The molecule has 1 saturated heterocycles. The van der Waals surface area contributed by atoms with Crippen LogP contribution in [0, 0.1) is 0 Å². The number of carbonyl (C=O) groups is 3. The number of carbonyl (C=O) groups excluding carboxylic acids is 3. The molecule has 0 aromatic carbocycles. The standard InChI is InChI=1S/C12H18N2O4/c15-10-8-11(16)14(12(17)13-10)6-7-18-9-4-2-1-3-5-9/h9H,1-8H2,(H,13,15,17). The molecule has 1 aliphatic heterocycles. The van der Waals surface area contributed by atoms with Gasteiger partial charge >= 0.3 is 6.03 Å². The molecule has 0 bridgehead atoms. The number of hydrogen-bond acceptors (Lipinski definition) is 4. The number of amides is 4. The van der Waals surface area contributed by atoms with Crippen molar-refractivity contribution in [1.82, 2.24) is 10.2 Å². The molecule has 2 aliphatic rings. The van der Waals surface area contributed by atoms with E-state index in [0.29, 0.717) is 6.61 Å². The molecule has 1 saturated carbocycles. The van der Waals surface area contributed by atoms with Crippen LogP contribution >= 0.6 is 0 Å². The lowest BCUT2D eigenvalue weighted by atomic mass is 9.98. The highest BCUT2D eigenvalue weighted by molar-refractivity contribution is 6.14. The van der Waals surface area contributed by atoms with Gasteiger partial charge < -0.3 is 4.74 Å². The predicted molar refractivity (Wildman–Crippen MR) is 62.7 cm³/mol. The maximum Gasteiger partial charge on any atom is 0.330 e. The zero-order valence-corrected chi connectivity index (χ0v) is 10.3. The molecule has 100 valence electrons. The fraction of sp³-hybridized carbons (Fsp3) is 0.750. The zero-order valence-electron chi connectivity index (χ0n) is 10.3. The fourth-order valence-corrected chi connectivity index (χ4v) is 2.35. The van der Waals surface area contributed by atoms with Crippen LogP contribution in [0.3, 0.4) is 0 Å². The summed E-state index contributed by atoms with van der Waals surface area (Å²) >= 11 is 0. The number of barbiturate groups is 1. The van der Waals surface area contributed by atoms with Crippen molar-refractivity contribution in [3.8, 4) is 0 Å². The van der Waals surface area contributed by atoms with E-state index in [-0.39, 0.29) is 19.1 Å². The molecular formula is C12H18N2O4. The summed E-state index contributed by atoms with van der Waals surface area (Å²) in [7, 11) is 0. The number of nitrogens with zero attached hydrogens (tertiary/aromatic N) is 1. The van der Waals surface area contributed by atoms with Crippen molar-refractivity contribution >= 4 is 17.8 Å². The van der Waals surface area contributed by atoms with Crippen LogP contribution in [0.2, 0.25) is 0 Å². The molecule has 1 N–H and O–H groups in total. The Morgan fingerprint density at radius 2 is 1.89 bits per heavy atom. The summed E-state index contributed by atoms with van der Waals surface area (Å²) in [4.78, 5) is 34.9. The van der Waals surface area contributed by atoms with E-state index in [1.807, 2.05) is 0 Å². The Hall–Kier alpha value is -1.43. The summed E-state index contributed by atoms with van der Waals surface area (Å²) in [5, 5.41) is 2.12. The van der Waals surface area contributed by atoms with Crippen LogP contribution in [0.15, 0.2) is 0 Å². The van der Waals surface area contributed by atoms with Crippen molar-refractivity contribution in [1.29, 1.82) is 0 Å². The molecule has 2 rings (SSSR count). The number of urea groups is 1. The molecule has 18 heavy (non-hydrogen) atoms. The van der Waals surface area contributed by atoms with Crippen LogP contribution < -0.4 is 5.32 Å². The Morgan fingerprint density at radius 1 is 1.17 bits per heavy atom. The average Bonchev–Trinajstić information content (AvgIpc) is 2.34. The zero-order chi connectivity index (χ0) is 13.0. The number of ether oxygens (including phenoxy) is 1. The second-order valence-corrected chi connectivity index (χ2v) is 4.71. The van der Waals surface area contributed by atoms with Gasteiger partial charge in [-0.25, -0.2) is 4.79 Å². The minimum Gasteiger partial charge on any atom is -0.376 e. The van der Waals surface area contributed by atoms with Gasteiger partial charge in [0.1, 0.15) is 6.42 Å². The molecule has 0 spiro atoms. The molecule has 0 radical (unpaired) electrons. The minimum atomic E-state index is -0.636. The van der Waals surface area contributed by atoms with Crippen molar-refractivity contribution in [2.75, 3.05) is 13.2 Å². The van der Waals surface area contributed by atoms with E-state index in [1.54, 1.807) is 0 Å². The van der Waals surface area contributed by atoms with E-state index in [9.17, 15) is 14.4 Å². The third kappa shape index (κ3) is 3.29. The summed E-state index contributed by atoms with van der Waals surface area (Å²) < 4.78 is 5.65. The Bertz CT molecular complexity index is 330. The van der Waals surface area contributed by atoms with Gasteiger partial charge in [0.25, 0.3) is 0 Å². The quantitative estimate of drug-likeness (QED) is 0.753. The van der Waals surface area contributed by atoms with E-state index in [0.717, 1.165) is 17.7 Å². The number of hydrogen-bond donors (Lipinski definition) is 1. The lowest BCUT2D eigenvalue weighted by Gasteiger charge is -2.26. The molecule has 1 heterocycles. The fourth-order valence-electron chi connectivity index (χ4n) is 2.35.